The van der Waals surface area contributed by atoms with Crippen molar-refractivity contribution in [3.05, 3.63) is 41.7 Å². The fourth-order valence-corrected chi connectivity index (χ4v) is 5.90. The number of amides is 1. The van der Waals surface area contributed by atoms with Gasteiger partial charge in [0.25, 0.3) is 0 Å². The van der Waals surface area contributed by atoms with Crippen molar-refractivity contribution in [1.82, 2.24) is 10.3 Å². The first-order valence-electron chi connectivity index (χ1n) is 9.59. The lowest BCUT2D eigenvalue weighted by atomic mass is 9.48. The van der Waals surface area contributed by atoms with Gasteiger partial charge in [0.05, 0.1) is 6.10 Å². The van der Waals surface area contributed by atoms with Gasteiger partial charge in [0.15, 0.2) is 0 Å². The van der Waals surface area contributed by atoms with E-state index < -0.39 is 6.10 Å². The average molecular weight is 340 g/mol. The molecule has 1 unspecified atom stereocenters. The first kappa shape index (κ1) is 16.8. The molecular weight excluding hydrogens is 312 g/mol. The molecule has 0 radical (unpaired) electrons. The number of hydrogen-bond donors (Lipinski definition) is 2. The molecule has 4 saturated carbocycles. The summed E-state index contributed by atoms with van der Waals surface area (Å²) in [5.74, 6) is 2.56. The molecule has 0 saturated heterocycles. The Kier molecular flexibility index (Phi) is 4.40. The molecule has 134 valence electrons. The van der Waals surface area contributed by atoms with Gasteiger partial charge in [-0.1, -0.05) is 5.57 Å². The minimum atomic E-state index is -0.694. The minimum absolute atomic E-state index is 0.0821. The Morgan fingerprint density at radius 3 is 2.36 bits per heavy atom. The zero-order chi connectivity index (χ0) is 17.4. The lowest BCUT2D eigenvalue weighted by molar-refractivity contribution is -0.117. The lowest BCUT2D eigenvalue weighted by Gasteiger charge is -2.57. The fourth-order valence-electron chi connectivity index (χ4n) is 5.90. The largest absolute Gasteiger partial charge is 0.387 e. The van der Waals surface area contributed by atoms with Gasteiger partial charge in [-0.3, -0.25) is 9.78 Å². The molecule has 4 aliphatic rings. The summed E-state index contributed by atoms with van der Waals surface area (Å²) in [7, 11) is 0. The Hall–Kier alpha value is -1.68. The van der Waals surface area contributed by atoms with Crippen LogP contribution >= 0.6 is 0 Å². The predicted molar refractivity (Wildman–Crippen MR) is 96.6 cm³/mol. The highest BCUT2D eigenvalue weighted by molar-refractivity contribution is 5.88. The molecule has 4 bridgehead atoms. The van der Waals surface area contributed by atoms with Crippen LogP contribution in [-0.2, 0) is 4.79 Å². The maximum absolute atomic E-state index is 12.4. The van der Waals surface area contributed by atoms with E-state index >= 15 is 0 Å². The normalized spacial score (nSPS) is 34.8. The molecular formula is C21H28N2O2. The third-order valence-corrected chi connectivity index (χ3v) is 6.78. The van der Waals surface area contributed by atoms with E-state index in [9.17, 15) is 9.90 Å². The number of rotatable bonds is 5. The molecule has 1 heterocycles. The van der Waals surface area contributed by atoms with Crippen LogP contribution < -0.4 is 5.32 Å². The molecule has 0 spiro atoms. The van der Waals surface area contributed by atoms with Gasteiger partial charge in [-0.05, 0) is 86.3 Å². The number of aliphatic hydroxyl groups excluding tert-OH is 1. The third-order valence-electron chi connectivity index (χ3n) is 6.78. The van der Waals surface area contributed by atoms with Gasteiger partial charge in [-0.25, -0.2) is 0 Å². The highest BCUT2D eigenvalue weighted by atomic mass is 16.3. The summed E-state index contributed by atoms with van der Waals surface area (Å²) in [4.78, 5) is 16.3. The van der Waals surface area contributed by atoms with Crippen molar-refractivity contribution < 1.29 is 9.90 Å². The van der Waals surface area contributed by atoms with Crippen molar-refractivity contribution in [2.45, 2.75) is 51.6 Å². The first-order valence-corrected chi connectivity index (χ1v) is 9.59. The minimum Gasteiger partial charge on any atom is -0.387 e. The molecule has 2 N–H and O–H groups in total. The van der Waals surface area contributed by atoms with E-state index in [1.165, 1.54) is 44.1 Å². The second-order valence-corrected chi connectivity index (χ2v) is 8.57. The third kappa shape index (κ3) is 3.37. The van der Waals surface area contributed by atoms with Crippen LogP contribution in [0.15, 0.2) is 36.2 Å². The van der Waals surface area contributed by atoms with Gasteiger partial charge in [-0.15, -0.1) is 0 Å². The van der Waals surface area contributed by atoms with Crippen molar-refractivity contribution in [2.24, 2.45) is 23.2 Å². The fraction of sp³-hybridized carbons (Fsp3) is 0.619. The topological polar surface area (TPSA) is 62.2 Å². The van der Waals surface area contributed by atoms with Gasteiger partial charge in [0.2, 0.25) is 5.91 Å². The van der Waals surface area contributed by atoms with Gasteiger partial charge < -0.3 is 10.4 Å². The van der Waals surface area contributed by atoms with Gasteiger partial charge >= 0.3 is 0 Å². The van der Waals surface area contributed by atoms with Crippen molar-refractivity contribution in [3.63, 3.8) is 0 Å². The van der Waals surface area contributed by atoms with Crippen LogP contribution in [0.1, 0.15) is 57.1 Å². The molecule has 1 aromatic rings. The monoisotopic (exact) mass is 340 g/mol. The molecule has 4 fully saturated rings. The first-order chi connectivity index (χ1) is 12.0. The number of hydrogen-bond acceptors (Lipinski definition) is 3. The van der Waals surface area contributed by atoms with Gasteiger partial charge in [0, 0.05) is 25.0 Å². The van der Waals surface area contributed by atoms with Crippen molar-refractivity contribution >= 4 is 5.91 Å². The van der Waals surface area contributed by atoms with Crippen LogP contribution in [-0.4, -0.2) is 22.5 Å². The van der Waals surface area contributed by atoms with Crippen LogP contribution in [0.4, 0.5) is 0 Å². The molecule has 4 heteroatoms. The number of carbonyl (C=O) groups is 1. The Bertz CT molecular complexity index is 632. The summed E-state index contributed by atoms with van der Waals surface area (Å²) in [5.41, 5.74) is 2.30. The van der Waals surface area contributed by atoms with E-state index in [0.717, 1.165) is 23.3 Å². The van der Waals surface area contributed by atoms with Gasteiger partial charge in [-0.2, -0.15) is 0 Å². The molecule has 4 aliphatic carbocycles. The molecule has 25 heavy (non-hydrogen) atoms. The second kappa shape index (κ2) is 6.56. The van der Waals surface area contributed by atoms with E-state index in [-0.39, 0.29) is 17.9 Å². The van der Waals surface area contributed by atoms with E-state index in [0.29, 0.717) is 0 Å². The second-order valence-electron chi connectivity index (χ2n) is 8.57. The van der Waals surface area contributed by atoms with Crippen LogP contribution in [0.2, 0.25) is 0 Å². The summed E-state index contributed by atoms with van der Waals surface area (Å²) < 4.78 is 0. The van der Waals surface area contributed by atoms with Crippen LogP contribution in [0, 0.1) is 23.2 Å². The van der Waals surface area contributed by atoms with Crippen molar-refractivity contribution in [3.8, 4) is 0 Å². The number of pyridine rings is 1. The Morgan fingerprint density at radius 1 is 1.24 bits per heavy atom. The SMILES string of the molecule is CC(=CC(=O)NCC(O)c1ccncc1)C12CC3CC(CC(C3)C1)C2. The van der Waals surface area contributed by atoms with E-state index in [1.54, 1.807) is 30.6 Å². The Morgan fingerprint density at radius 2 is 1.80 bits per heavy atom. The maximum Gasteiger partial charge on any atom is 0.244 e. The molecule has 1 amide bonds. The number of allylic oxidation sites excluding steroid dienone is 1. The average Bonchev–Trinajstić information content (AvgIpc) is 2.59. The van der Waals surface area contributed by atoms with Crippen LogP contribution in [0.3, 0.4) is 0 Å². The number of nitrogens with zero attached hydrogens (tertiary/aromatic N) is 1. The summed E-state index contributed by atoms with van der Waals surface area (Å²) in [5, 5.41) is 13.0. The Balaban J connectivity index is 1.38. The number of aromatic nitrogens is 1. The molecule has 0 aromatic carbocycles. The predicted octanol–water partition coefficient (Wildman–Crippen LogP) is 3.39. The summed E-state index contributed by atoms with van der Waals surface area (Å²) >= 11 is 0. The van der Waals surface area contributed by atoms with E-state index in [4.69, 9.17) is 0 Å². The Labute approximate surface area is 149 Å². The standard InChI is InChI=1S/C21H28N2O2/c1-14(21-10-15-7-16(11-21)9-17(8-15)12-21)6-20(25)23-13-19(24)18-2-4-22-5-3-18/h2-6,15-17,19,24H,7-13H2,1H3,(H,23,25). The molecule has 5 rings (SSSR count). The van der Waals surface area contributed by atoms with E-state index in [2.05, 4.69) is 17.2 Å². The highest BCUT2D eigenvalue weighted by Crippen LogP contribution is 2.62. The zero-order valence-corrected chi connectivity index (χ0v) is 14.9. The maximum atomic E-state index is 12.4. The molecule has 0 aliphatic heterocycles. The smallest absolute Gasteiger partial charge is 0.244 e. The summed E-state index contributed by atoms with van der Waals surface area (Å²) in [6.07, 6.45) is 12.5. The van der Waals surface area contributed by atoms with Crippen LogP contribution in [0.25, 0.3) is 0 Å². The number of aliphatic hydroxyl groups is 1. The molecule has 4 nitrogen and oxygen atoms in total. The van der Waals surface area contributed by atoms with E-state index in [1.807, 2.05) is 0 Å². The lowest BCUT2D eigenvalue weighted by Crippen LogP contribution is -2.46. The van der Waals surface area contributed by atoms with Crippen molar-refractivity contribution in [2.75, 3.05) is 6.54 Å². The van der Waals surface area contributed by atoms with Crippen molar-refractivity contribution in [1.29, 1.82) is 0 Å². The summed E-state index contributed by atoms with van der Waals surface area (Å²) in [6.45, 7) is 2.37. The molecule has 1 aromatic heterocycles. The number of nitrogens with one attached hydrogen (secondary N) is 1. The quantitative estimate of drug-likeness (QED) is 0.808. The van der Waals surface area contributed by atoms with Crippen LogP contribution in [0.5, 0.6) is 0 Å². The summed E-state index contributed by atoms with van der Waals surface area (Å²) in [6, 6.07) is 3.54. The highest BCUT2D eigenvalue weighted by Gasteiger charge is 2.51. The van der Waals surface area contributed by atoms with Gasteiger partial charge in [0.1, 0.15) is 0 Å². The number of carbonyl (C=O) groups excluding carboxylic acids is 1. The zero-order valence-electron chi connectivity index (χ0n) is 14.9. The molecule has 1 atom stereocenters.